The van der Waals surface area contributed by atoms with E-state index in [1.807, 2.05) is 0 Å². The highest BCUT2D eigenvalue weighted by Gasteiger charge is 2.19. The number of hydrogen-bond donors (Lipinski definition) is 4. The lowest BCUT2D eigenvalue weighted by atomic mass is 10.0. The molecule has 1 heterocycles. The highest BCUT2D eigenvalue weighted by atomic mass is 35.5. The second kappa shape index (κ2) is 9.48. The SMILES string of the molecule is O=C(O)COc1ccc(CCC(O)NS(=O)(=O)c2ccc(Cl)cc2)c2ccc(=O)[nH]c12. The Bertz CT molecular complexity index is 1260. The van der Waals surface area contributed by atoms with Gasteiger partial charge in [0.1, 0.15) is 12.0 Å². The van der Waals surface area contributed by atoms with Gasteiger partial charge in [0.2, 0.25) is 15.6 Å². The Hall–Kier alpha value is -2.92. The maximum Gasteiger partial charge on any atom is 0.341 e. The van der Waals surface area contributed by atoms with Crippen LogP contribution in [0.1, 0.15) is 12.0 Å². The average Bonchev–Trinajstić information content (AvgIpc) is 2.70. The van der Waals surface area contributed by atoms with Crippen LogP contribution in [0, 0.1) is 0 Å². The molecule has 0 aliphatic carbocycles. The lowest BCUT2D eigenvalue weighted by Gasteiger charge is -2.15. The van der Waals surface area contributed by atoms with Gasteiger partial charge in [0, 0.05) is 16.5 Å². The molecular weight excluding hydrogens is 448 g/mol. The smallest absolute Gasteiger partial charge is 0.341 e. The minimum Gasteiger partial charge on any atom is -0.480 e. The van der Waals surface area contributed by atoms with E-state index in [9.17, 15) is 23.1 Å². The first-order valence-corrected chi connectivity index (χ1v) is 11.0. The first kappa shape index (κ1) is 22.8. The molecule has 1 aromatic heterocycles. The Kier molecular flexibility index (Phi) is 6.96. The molecule has 4 N–H and O–H groups in total. The number of benzene rings is 2. The number of hydrogen-bond acceptors (Lipinski definition) is 6. The number of aryl methyl sites for hydroxylation is 1. The number of nitrogens with one attached hydrogen (secondary N) is 2. The number of pyridine rings is 1. The van der Waals surface area contributed by atoms with Gasteiger partial charge in [-0.1, -0.05) is 17.7 Å². The Morgan fingerprint density at radius 2 is 1.84 bits per heavy atom. The summed E-state index contributed by atoms with van der Waals surface area (Å²) >= 11 is 5.76. The summed E-state index contributed by atoms with van der Waals surface area (Å²) in [5, 5.41) is 20.0. The summed E-state index contributed by atoms with van der Waals surface area (Å²) in [6.07, 6.45) is -1.04. The predicted molar refractivity (Wildman–Crippen MR) is 114 cm³/mol. The van der Waals surface area contributed by atoms with Gasteiger partial charge in [0.15, 0.2) is 6.61 Å². The van der Waals surface area contributed by atoms with Crippen molar-refractivity contribution in [3.8, 4) is 5.75 Å². The summed E-state index contributed by atoms with van der Waals surface area (Å²) in [6, 6.07) is 11.6. The van der Waals surface area contributed by atoms with Crippen LogP contribution in [0.4, 0.5) is 0 Å². The van der Waals surface area contributed by atoms with Crippen molar-refractivity contribution in [2.24, 2.45) is 0 Å². The van der Waals surface area contributed by atoms with Gasteiger partial charge in [0.05, 0.1) is 10.4 Å². The van der Waals surface area contributed by atoms with Crippen LogP contribution in [0.5, 0.6) is 5.75 Å². The van der Waals surface area contributed by atoms with E-state index in [0.717, 1.165) is 0 Å². The van der Waals surface area contributed by atoms with Crippen molar-refractivity contribution < 1.29 is 28.2 Å². The number of H-pyrrole nitrogens is 1. The Morgan fingerprint density at radius 3 is 2.52 bits per heavy atom. The number of aliphatic hydroxyl groups excluding tert-OH is 1. The molecule has 0 spiro atoms. The van der Waals surface area contributed by atoms with E-state index in [0.29, 0.717) is 21.5 Å². The van der Waals surface area contributed by atoms with Crippen molar-refractivity contribution in [2.75, 3.05) is 6.61 Å². The summed E-state index contributed by atoms with van der Waals surface area (Å²) in [4.78, 5) is 25.1. The summed E-state index contributed by atoms with van der Waals surface area (Å²) in [7, 11) is -3.93. The van der Waals surface area contributed by atoms with Gasteiger partial charge < -0.3 is 19.9 Å². The fourth-order valence-electron chi connectivity index (χ4n) is 2.98. The number of fused-ring (bicyclic) bond motifs is 1. The third-order valence-electron chi connectivity index (χ3n) is 4.40. The van der Waals surface area contributed by atoms with Crippen molar-refractivity contribution in [1.29, 1.82) is 0 Å². The summed E-state index contributed by atoms with van der Waals surface area (Å²) < 4.78 is 32.2. The van der Waals surface area contributed by atoms with Crippen LogP contribution >= 0.6 is 11.6 Å². The largest absolute Gasteiger partial charge is 0.480 e. The van der Waals surface area contributed by atoms with Gasteiger partial charge in [-0.05, 0) is 54.8 Å². The molecule has 0 amide bonds. The van der Waals surface area contributed by atoms with E-state index in [1.165, 1.54) is 36.4 Å². The molecule has 9 nitrogen and oxygen atoms in total. The average molecular weight is 467 g/mol. The standard InChI is InChI=1S/C20H19ClN2O7S/c21-13-3-5-14(6-4-13)31(28,29)23-18(25)9-2-12-1-8-16(30-11-19(26)27)20-15(12)7-10-17(24)22-20/h1,3-8,10,18,23,25H,2,9,11H2,(H,22,24)(H,26,27). The van der Waals surface area contributed by atoms with Crippen LogP contribution < -0.4 is 15.0 Å². The van der Waals surface area contributed by atoms with Crippen LogP contribution in [-0.4, -0.2) is 42.4 Å². The van der Waals surface area contributed by atoms with Crippen molar-refractivity contribution in [3.05, 3.63) is 69.5 Å². The summed E-state index contributed by atoms with van der Waals surface area (Å²) in [6.45, 7) is -0.573. The first-order valence-electron chi connectivity index (χ1n) is 9.11. The lowest BCUT2D eigenvalue weighted by Crippen LogP contribution is -2.35. The van der Waals surface area contributed by atoms with Crippen molar-refractivity contribution in [1.82, 2.24) is 9.71 Å². The predicted octanol–water partition coefficient (Wildman–Crippen LogP) is 1.87. The number of carbonyl (C=O) groups is 1. The Morgan fingerprint density at radius 1 is 1.13 bits per heavy atom. The van der Waals surface area contributed by atoms with Gasteiger partial charge in [0.25, 0.3) is 0 Å². The van der Waals surface area contributed by atoms with Gasteiger partial charge in [-0.2, -0.15) is 4.72 Å². The Balaban J connectivity index is 1.76. The fourth-order valence-corrected chi connectivity index (χ4v) is 4.21. The zero-order valence-corrected chi connectivity index (χ0v) is 17.6. The van der Waals surface area contributed by atoms with E-state index in [1.54, 1.807) is 12.1 Å². The summed E-state index contributed by atoms with van der Waals surface area (Å²) in [5.74, 6) is -0.963. The van der Waals surface area contributed by atoms with Crippen LogP contribution in [0.3, 0.4) is 0 Å². The normalized spacial score (nSPS) is 12.6. The van der Waals surface area contributed by atoms with Crippen LogP contribution in [0.15, 0.2) is 58.2 Å². The maximum atomic E-state index is 12.4. The molecule has 1 atom stereocenters. The monoisotopic (exact) mass is 466 g/mol. The molecule has 0 aliphatic heterocycles. The molecule has 0 fully saturated rings. The fraction of sp³-hybridized carbons (Fsp3) is 0.200. The molecule has 3 rings (SSSR count). The van der Waals surface area contributed by atoms with Crippen molar-refractivity contribution in [2.45, 2.75) is 24.0 Å². The van der Waals surface area contributed by atoms with Gasteiger partial charge in [-0.15, -0.1) is 0 Å². The topological polar surface area (TPSA) is 146 Å². The van der Waals surface area contributed by atoms with E-state index in [4.69, 9.17) is 21.4 Å². The minimum atomic E-state index is -3.93. The number of rotatable bonds is 9. The molecule has 3 aromatic rings. The van der Waals surface area contributed by atoms with Gasteiger partial charge >= 0.3 is 5.97 Å². The molecule has 0 radical (unpaired) electrons. The number of carboxylic acids is 1. The molecule has 31 heavy (non-hydrogen) atoms. The Labute approximate surface area is 182 Å². The number of aliphatic carboxylic acids is 1. The number of aromatic nitrogens is 1. The minimum absolute atomic E-state index is 0.0288. The van der Waals surface area contributed by atoms with E-state index < -0.39 is 28.8 Å². The van der Waals surface area contributed by atoms with Crippen LogP contribution in [0.2, 0.25) is 5.02 Å². The first-order chi connectivity index (χ1) is 14.7. The number of sulfonamides is 1. The van der Waals surface area contributed by atoms with Crippen LogP contribution in [0.25, 0.3) is 10.9 Å². The summed E-state index contributed by atoms with van der Waals surface area (Å²) in [5.41, 5.74) is 0.640. The molecular formula is C20H19ClN2O7S. The third-order valence-corrected chi connectivity index (χ3v) is 6.13. The van der Waals surface area contributed by atoms with Gasteiger partial charge in [-0.25, -0.2) is 13.2 Å². The van der Waals surface area contributed by atoms with Crippen molar-refractivity contribution in [3.63, 3.8) is 0 Å². The van der Waals surface area contributed by atoms with E-state index in [2.05, 4.69) is 9.71 Å². The molecule has 0 saturated heterocycles. The number of aliphatic hydroxyl groups is 1. The zero-order valence-electron chi connectivity index (χ0n) is 16.0. The van der Waals surface area contributed by atoms with Crippen molar-refractivity contribution >= 4 is 38.5 Å². The quantitative estimate of drug-likeness (QED) is 0.352. The highest BCUT2D eigenvalue weighted by Crippen LogP contribution is 2.27. The van der Waals surface area contributed by atoms with E-state index >= 15 is 0 Å². The third kappa shape index (κ3) is 5.82. The van der Waals surface area contributed by atoms with Crippen LogP contribution in [-0.2, 0) is 21.2 Å². The number of carboxylic acid groups (broad SMARTS) is 1. The molecule has 0 aliphatic rings. The molecule has 11 heteroatoms. The molecule has 164 valence electrons. The number of ether oxygens (including phenoxy) is 1. The van der Waals surface area contributed by atoms with Gasteiger partial charge in [-0.3, -0.25) is 4.79 Å². The lowest BCUT2D eigenvalue weighted by molar-refractivity contribution is -0.139. The molecule has 0 bridgehead atoms. The molecule has 0 saturated carbocycles. The molecule has 2 aromatic carbocycles. The zero-order chi connectivity index (χ0) is 22.6. The second-order valence-corrected chi connectivity index (χ2v) is 8.80. The number of halogens is 1. The van der Waals surface area contributed by atoms with E-state index in [-0.39, 0.29) is 29.0 Å². The second-order valence-electron chi connectivity index (χ2n) is 6.65. The number of aromatic amines is 1. The molecule has 1 unspecified atom stereocenters. The maximum absolute atomic E-state index is 12.4. The highest BCUT2D eigenvalue weighted by molar-refractivity contribution is 7.89.